The minimum atomic E-state index is -0.236. The minimum absolute atomic E-state index is 0.236. The molecule has 0 atom stereocenters. The second-order valence-electron chi connectivity index (χ2n) is 10.0. The number of esters is 2. The molecular weight excluding hydrogens is 496 g/mol. The molecule has 198 valence electrons. The molecule has 0 spiro atoms. The van der Waals surface area contributed by atoms with Crippen molar-refractivity contribution >= 4 is 55.0 Å². The van der Waals surface area contributed by atoms with Crippen LogP contribution in [0.25, 0.3) is 54.2 Å². The van der Waals surface area contributed by atoms with Gasteiger partial charge in [-0.25, -0.2) is 0 Å². The number of rotatable bonds is 7. The molecule has 0 unspecified atom stereocenters. The Labute approximate surface area is 233 Å². The van der Waals surface area contributed by atoms with Crippen LogP contribution in [-0.2, 0) is 9.59 Å². The fourth-order valence-corrected chi connectivity index (χ4v) is 5.67. The van der Waals surface area contributed by atoms with Gasteiger partial charge in [0.2, 0.25) is 0 Å². The lowest BCUT2D eigenvalue weighted by Gasteiger charge is -2.21. The molecule has 0 saturated carbocycles. The zero-order valence-electron chi connectivity index (χ0n) is 22.7. The van der Waals surface area contributed by atoms with E-state index in [-0.39, 0.29) is 11.9 Å². The number of hydrogen-bond donors (Lipinski definition) is 0. The van der Waals surface area contributed by atoms with Crippen molar-refractivity contribution in [3.05, 3.63) is 97.1 Å². The lowest BCUT2D eigenvalue weighted by atomic mass is 9.85. The third-order valence-corrected chi connectivity index (χ3v) is 7.35. The van der Waals surface area contributed by atoms with Gasteiger partial charge >= 0.3 is 11.9 Å². The van der Waals surface area contributed by atoms with Crippen molar-refractivity contribution in [3.8, 4) is 22.6 Å². The summed E-state index contributed by atoms with van der Waals surface area (Å²) in [6, 6.07) is 32.4. The molecule has 0 aliphatic heterocycles. The molecule has 0 fully saturated rings. The summed E-state index contributed by atoms with van der Waals surface area (Å²) in [7, 11) is 0. The first-order valence-electron chi connectivity index (χ1n) is 13.9. The molecule has 0 heterocycles. The molecule has 6 rings (SSSR count). The molecule has 6 aromatic rings. The summed E-state index contributed by atoms with van der Waals surface area (Å²) in [5.74, 6) is 0.707. The average molecular weight is 527 g/mol. The maximum atomic E-state index is 12.7. The Balaban J connectivity index is 1.76. The monoisotopic (exact) mass is 526 g/mol. The smallest absolute Gasteiger partial charge is 0.311 e. The van der Waals surface area contributed by atoms with Gasteiger partial charge in [-0.2, -0.15) is 0 Å². The molecule has 6 aromatic carbocycles. The number of fused-ring (bicyclic) bond motifs is 4. The van der Waals surface area contributed by atoms with Gasteiger partial charge in [-0.15, -0.1) is 0 Å². The van der Waals surface area contributed by atoms with Gasteiger partial charge in [-0.3, -0.25) is 9.59 Å². The Morgan fingerprint density at radius 3 is 0.950 bits per heavy atom. The van der Waals surface area contributed by atoms with Crippen molar-refractivity contribution in [2.45, 2.75) is 39.5 Å². The molecule has 4 heteroatoms. The maximum Gasteiger partial charge on any atom is 0.311 e. The van der Waals surface area contributed by atoms with Gasteiger partial charge in [0.25, 0.3) is 0 Å². The summed E-state index contributed by atoms with van der Waals surface area (Å²) in [4.78, 5) is 25.4. The highest BCUT2D eigenvalue weighted by atomic mass is 16.5. The van der Waals surface area contributed by atoms with Gasteiger partial charge in [-0.05, 0) is 45.5 Å². The van der Waals surface area contributed by atoms with Gasteiger partial charge in [0.05, 0.1) is 0 Å². The maximum absolute atomic E-state index is 12.7. The van der Waals surface area contributed by atoms with Gasteiger partial charge in [-0.1, -0.05) is 111 Å². The summed E-state index contributed by atoms with van der Waals surface area (Å²) in [6.45, 7) is 3.94. The van der Waals surface area contributed by atoms with E-state index >= 15 is 0 Å². The first-order valence-corrected chi connectivity index (χ1v) is 13.9. The van der Waals surface area contributed by atoms with E-state index in [0.717, 1.165) is 67.1 Å². The van der Waals surface area contributed by atoms with Crippen molar-refractivity contribution in [3.63, 3.8) is 0 Å². The normalized spacial score (nSPS) is 11.3. The summed E-state index contributed by atoms with van der Waals surface area (Å²) in [5, 5.41) is 7.50. The molecule has 0 amide bonds. The van der Waals surface area contributed by atoms with E-state index in [4.69, 9.17) is 9.47 Å². The second-order valence-corrected chi connectivity index (χ2v) is 10.0. The first kappa shape index (κ1) is 25.6. The van der Waals surface area contributed by atoms with E-state index in [0.29, 0.717) is 24.3 Å². The van der Waals surface area contributed by atoms with Crippen molar-refractivity contribution in [2.75, 3.05) is 0 Å². The highest BCUT2D eigenvalue weighted by molar-refractivity contribution is 6.27. The van der Waals surface area contributed by atoms with Crippen molar-refractivity contribution in [2.24, 2.45) is 0 Å². The van der Waals surface area contributed by atoms with Crippen molar-refractivity contribution in [1.82, 2.24) is 0 Å². The molecule has 0 saturated heterocycles. The Morgan fingerprint density at radius 1 is 0.450 bits per heavy atom. The van der Waals surface area contributed by atoms with Crippen LogP contribution in [0.2, 0.25) is 0 Å². The van der Waals surface area contributed by atoms with E-state index in [2.05, 4.69) is 24.3 Å². The molecule has 0 aliphatic rings. The lowest BCUT2D eigenvalue weighted by molar-refractivity contribution is -0.135. The van der Waals surface area contributed by atoms with Crippen molar-refractivity contribution < 1.29 is 19.1 Å². The standard InChI is InChI=1S/C36H30O4/c1-3-13-31(37)39-35-27-19-9-5-15-23(27)33(24-16-6-10-20-28(24)35)34-25-17-7-11-21-29(25)36(40-32(38)14-4-2)30-22-12-8-18-26(30)34/h5-12,15-22H,3-4,13-14H2,1-2H3. The van der Waals surface area contributed by atoms with Crippen LogP contribution in [0.3, 0.4) is 0 Å². The highest BCUT2D eigenvalue weighted by Crippen LogP contribution is 2.49. The van der Waals surface area contributed by atoms with Gasteiger partial charge in [0.15, 0.2) is 0 Å². The van der Waals surface area contributed by atoms with E-state index in [1.807, 2.05) is 86.6 Å². The fraction of sp³-hybridized carbons (Fsp3) is 0.167. The average Bonchev–Trinajstić information content (AvgIpc) is 2.98. The summed E-state index contributed by atoms with van der Waals surface area (Å²) in [5.41, 5.74) is 2.11. The van der Waals surface area contributed by atoms with Crippen LogP contribution in [0.5, 0.6) is 11.5 Å². The summed E-state index contributed by atoms with van der Waals surface area (Å²) in [6.07, 6.45) is 2.16. The van der Waals surface area contributed by atoms with E-state index < -0.39 is 0 Å². The number of carbonyl (C=O) groups excluding carboxylic acids is 2. The summed E-state index contributed by atoms with van der Waals surface area (Å²) < 4.78 is 12.1. The Morgan fingerprint density at radius 2 is 0.700 bits per heavy atom. The minimum Gasteiger partial charge on any atom is -0.425 e. The Bertz CT molecular complexity index is 1660. The topological polar surface area (TPSA) is 52.6 Å². The van der Waals surface area contributed by atoms with Gasteiger partial charge in [0, 0.05) is 34.4 Å². The highest BCUT2D eigenvalue weighted by Gasteiger charge is 2.23. The number of hydrogen-bond acceptors (Lipinski definition) is 4. The Hall–Kier alpha value is -4.70. The van der Waals surface area contributed by atoms with Gasteiger partial charge < -0.3 is 9.47 Å². The third-order valence-electron chi connectivity index (χ3n) is 7.35. The first-order chi connectivity index (χ1) is 19.6. The predicted molar refractivity (Wildman–Crippen MR) is 163 cm³/mol. The van der Waals surface area contributed by atoms with Crippen LogP contribution in [0.4, 0.5) is 0 Å². The molecule has 0 N–H and O–H groups in total. The lowest BCUT2D eigenvalue weighted by Crippen LogP contribution is -2.08. The molecule has 0 aliphatic carbocycles. The zero-order chi connectivity index (χ0) is 27.6. The number of carbonyl (C=O) groups is 2. The number of benzene rings is 6. The zero-order valence-corrected chi connectivity index (χ0v) is 22.7. The van der Waals surface area contributed by atoms with Crippen LogP contribution in [0, 0.1) is 0 Å². The van der Waals surface area contributed by atoms with Crippen LogP contribution < -0.4 is 9.47 Å². The predicted octanol–water partition coefficient (Wildman–Crippen LogP) is 9.38. The largest absolute Gasteiger partial charge is 0.425 e. The molecule has 4 nitrogen and oxygen atoms in total. The molecular formula is C36H30O4. The molecule has 40 heavy (non-hydrogen) atoms. The van der Waals surface area contributed by atoms with E-state index in [9.17, 15) is 9.59 Å². The number of ether oxygens (including phenoxy) is 2. The van der Waals surface area contributed by atoms with Crippen LogP contribution in [-0.4, -0.2) is 11.9 Å². The Kier molecular flexibility index (Phi) is 6.91. The second kappa shape index (κ2) is 10.8. The molecule has 0 radical (unpaired) electrons. The van der Waals surface area contributed by atoms with Gasteiger partial charge in [0.1, 0.15) is 11.5 Å². The summed E-state index contributed by atoms with van der Waals surface area (Å²) >= 11 is 0. The van der Waals surface area contributed by atoms with E-state index in [1.54, 1.807) is 0 Å². The fourth-order valence-electron chi connectivity index (χ4n) is 5.67. The van der Waals surface area contributed by atoms with E-state index in [1.165, 1.54) is 0 Å². The van der Waals surface area contributed by atoms with Crippen LogP contribution >= 0.6 is 0 Å². The quantitative estimate of drug-likeness (QED) is 0.118. The SMILES string of the molecule is CCCC(=O)Oc1c2ccccc2c(-c2c3ccccc3c(OC(=O)CCC)c3ccccc23)c2ccccc12. The molecule has 0 bridgehead atoms. The van der Waals surface area contributed by atoms with Crippen molar-refractivity contribution in [1.29, 1.82) is 0 Å². The van der Waals surface area contributed by atoms with Crippen LogP contribution in [0.15, 0.2) is 97.1 Å². The van der Waals surface area contributed by atoms with Crippen LogP contribution in [0.1, 0.15) is 39.5 Å². The molecule has 0 aromatic heterocycles. The third kappa shape index (κ3) is 4.36.